The molecule has 0 spiro atoms. The number of ether oxygens (including phenoxy) is 1. The molecule has 1 heterocycles. The summed E-state index contributed by atoms with van der Waals surface area (Å²) in [5.41, 5.74) is 0.101. The van der Waals surface area contributed by atoms with Gasteiger partial charge in [0.15, 0.2) is 0 Å². The minimum atomic E-state index is -3.74. The van der Waals surface area contributed by atoms with Gasteiger partial charge in [-0.1, -0.05) is 11.8 Å². The Morgan fingerprint density at radius 2 is 1.93 bits per heavy atom. The number of hydrogen-bond acceptors (Lipinski definition) is 7. The first-order chi connectivity index (χ1) is 13.8. The normalized spacial score (nSPS) is 15.1. The molecule has 9 nitrogen and oxygen atoms in total. The van der Waals surface area contributed by atoms with Crippen LogP contribution >= 0.6 is 0 Å². The highest BCUT2D eigenvalue weighted by molar-refractivity contribution is 7.89. The zero-order valence-corrected chi connectivity index (χ0v) is 16.6. The Kier molecular flexibility index (Phi) is 6.14. The highest BCUT2D eigenvalue weighted by Crippen LogP contribution is 2.32. The van der Waals surface area contributed by atoms with E-state index < -0.39 is 20.7 Å². The van der Waals surface area contributed by atoms with E-state index in [0.29, 0.717) is 19.7 Å². The molecule has 0 bridgehead atoms. The summed E-state index contributed by atoms with van der Waals surface area (Å²) in [5.74, 6) is -0.187. The van der Waals surface area contributed by atoms with Gasteiger partial charge in [-0.05, 0) is 43.5 Å². The van der Waals surface area contributed by atoms with Crippen LogP contribution in [0.15, 0.2) is 46.3 Å². The molecule has 0 N–H and O–H groups in total. The first kappa shape index (κ1) is 20.7. The van der Waals surface area contributed by atoms with Gasteiger partial charge in [-0.3, -0.25) is 15.1 Å². The molecule has 0 amide bonds. The molecule has 2 aromatic rings. The van der Waals surface area contributed by atoms with Crippen molar-refractivity contribution in [1.29, 1.82) is 0 Å². The second-order valence-corrected chi connectivity index (χ2v) is 8.32. The monoisotopic (exact) mass is 418 g/mol. The van der Waals surface area contributed by atoms with Crippen LogP contribution in [0.2, 0.25) is 0 Å². The van der Waals surface area contributed by atoms with Crippen LogP contribution < -0.4 is 9.84 Å². The Bertz CT molecular complexity index is 1050. The lowest BCUT2D eigenvalue weighted by molar-refractivity contribution is -0.385. The van der Waals surface area contributed by atoms with Gasteiger partial charge in [0, 0.05) is 31.4 Å². The Morgan fingerprint density at radius 3 is 2.59 bits per heavy atom. The van der Waals surface area contributed by atoms with Gasteiger partial charge in [0.2, 0.25) is 10.0 Å². The summed E-state index contributed by atoms with van der Waals surface area (Å²) in [4.78, 5) is 14.5. The second-order valence-electron chi connectivity index (χ2n) is 6.41. The van der Waals surface area contributed by atoms with E-state index >= 15 is 0 Å². The smallest absolute Gasteiger partial charge is 0.270 e. The summed E-state index contributed by atoms with van der Waals surface area (Å²) in [5, 5.41) is 22.8. The lowest BCUT2D eigenvalue weighted by Crippen LogP contribution is -2.28. The van der Waals surface area contributed by atoms with Gasteiger partial charge in [0.05, 0.1) is 17.2 Å². The van der Waals surface area contributed by atoms with E-state index in [0.717, 1.165) is 31.0 Å². The molecule has 0 saturated carbocycles. The molecule has 154 valence electrons. The van der Waals surface area contributed by atoms with E-state index in [1.807, 2.05) is 0 Å². The molecule has 29 heavy (non-hydrogen) atoms. The van der Waals surface area contributed by atoms with Gasteiger partial charge in [-0.15, -0.1) is 0 Å². The molecule has 2 aromatic carbocycles. The molecular formula is C19H20N3O6S-. The number of rotatable bonds is 7. The maximum Gasteiger partial charge on any atom is 0.270 e. The number of aliphatic imine (C=N–C) groups is 1. The molecule has 1 fully saturated rings. The predicted octanol–water partition coefficient (Wildman–Crippen LogP) is 2.60. The van der Waals surface area contributed by atoms with Crippen molar-refractivity contribution in [2.45, 2.75) is 24.7 Å². The predicted molar refractivity (Wildman–Crippen MR) is 105 cm³/mol. The molecule has 1 saturated heterocycles. The van der Waals surface area contributed by atoms with Crippen LogP contribution in [0.5, 0.6) is 11.5 Å². The fourth-order valence-electron chi connectivity index (χ4n) is 3.02. The molecule has 0 unspecified atom stereocenters. The van der Waals surface area contributed by atoms with Gasteiger partial charge < -0.3 is 9.84 Å². The third-order valence-electron chi connectivity index (χ3n) is 4.47. The number of benzene rings is 2. The SMILES string of the molecule is CCOc1ccc(N=Cc2cc([N+](=O)[O-])ccc2[O-])cc1S(=O)(=O)N1CCCC1. The van der Waals surface area contributed by atoms with E-state index in [1.165, 1.54) is 22.7 Å². The largest absolute Gasteiger partial charge is 0.872 e. The summed E-state index contributed by atoms with van der Waals surface area (Å²) < 4.78 is 32.9. The van der Waals surface area contributed by atoms with Crippen molar-refractivity contribution < 1.29 is 23.2 Å². The average Bonchev–Trinajstić information content (AvgIpc) is 3.24. The minimum absolute atomic E-state index is 0.0114. The van der Waals surface area contributed by atoms with E-state index in [4.69, 9.17) is 4.74 Å². The molecule has 1 aliphatic heterocycles. The van der Waals surface area contributed by atoms with Crippen molar-refractivity contribution in [3.05, 3.63) is 52.1 Å². The number of sulfonamides is 1. The van der Waals surface area contributed by atoms with Gasteiger partial charge in [-0.25, -0.2) is 8.42 Å². The first-order valence-corrected chi connectivity index (χ1v) is 10.5. The van der Waals surface area contributed by atoms with Crippen LogP contribution in [0, 0.1) is 10.1 Å². The summed E-state index contributed by atoms with van der Waals surface area (Å²) in [6.07, 6.45) is 2.80. The lowest BCUT2D eigenvalue weighted by Gasteiger charge is -2.18. The fraction of sp³-hybridized carbons (Fsp3) is 0.316. The van der Waals surface area contributed by atoms with Crippen molar-refractivity contribution in [3.63, 3.8) is 0 Å². The number of nitro benzene ring substituents is 1. The lowest BCUT2D eigenvalue weighted by atomic mass is 10.2. The molecule has 0 aromatic heterocycles. The summed E-state index contributed by atoms with van der Waals surface area (Å²) in [7, 11) is -3.74. The van der Waals surface area contributed by atoms with Crippen molar-refractivity contribution >= 4 is 27.6 Å². The number of non-ortho nitro benzene ring substituents is 1. The zero-order chi connectivity index (χ0) is 21.0. The van der Waals surface area contributed by atoms with E-state index in [9.17, 15) is 23.6 Å². The summed E-state index contributed by atoms with van der Waals surface area (Å²) in [6.45, 7) is 2.97. The Hall–Kier alpha value is -2.98. The van der Waals surface area contributed by atoms with Crippen molar-refractivity contribution in [2.24, 2.45) is 4.99 Å². The third kappa shape index (κ3) is 4.54. The van der Waals surface area contributed by atoms with Gasteiger partial charge in [-0.2, -0.15) is 4.31 Å². The molecule has 0 atom stereocenters. The first-order valence-electron chi connectivity index (χ1n) is 9.09. The third-order valence-corrected chi connectivity index (χ3v) is 6.39. The zero-order valence-electron chi connectivity index (χ0n) is 15.8. The van der Waals surface area contributed by atoms with Crippen LogP contribution in [-0.2, 0) is 10.0 Å². The molecule has 0 aliphatic carbocycles. The van der Waals surface area contributed by atoms with Crippen LogP contribution in [0.25, 0.3) is 0 Å². The van der Waals surface area contributed by atoms with Gasteiger partial charge in [0.1, 0.15) is 10.6 Å². The summed E-state index contributed by atoms with van der Waals surface area (Å²) >= 11 is 0. The van der Waals surface area contributed by atoms with Gasteiger partial charge in [0.25, 0.3) is 5.69 Å². The summed E-state index contributed by atoms with van der Waals surface area (Å²) in [6, 6.07) is 7.81. The number of nitrogens with zero attached hydrogens (tertiary/aromatic N) is 3. The topological polar surface area (TPSA) is 125 Å². The van der Waals surface area contributed by atoms with Crippen molar-refractivity contribution in [2.75, 3.05) is 19.7 Å². The van der Waals surface area contributed by atoms with E-state index in [2.05, 4.69) is 4.99 Å². The van der Waals surface area contributed by atoms with E-state index in [-0.39, 0.29) is 27.6 Å². The van der Waals surface area contributed by atoms with Crippen LogP contribution in [-0.4, -0.2) is 43.6 Å². The molecule has 3 rings (SSSR count). The van der Waals surface area contributed by atoms with Crippen molar-refractivity contribution in [1.82, 2.24) is 4.31 Å². The minimum Gasteiger partial charge on any atom is -0.872 e. The maximum atomic E-state index is 13.0. The van der Waals surface area contributed by atoms with Crippen LogP contribution in [0.3, 0.4) is 0 Å². The quantitative estimate of drug-likeness (QED) is 0.387. The number of hydrogen-bond donors (Lipinski definition) is 0. The second kappa shape index (κ2) is 8.58. The maximum absolute atomic E-state index is 13.0. The highest BCUT2D eigenvalue weighted by atomic mass is 32.2. The molecule has 1 aliphatic rings. The number of nitro groups is 1. The van der Waals surface area contributed by atoms with Crippen LogP contribution in [0.1, 0.15) is 25.3 Å². The fourth-order valence-corrected chi connectivity index (χ4v) is 4.68. The Labute approximate surface area is 168 Å². The molecular weight excluding hydrogens is 398 g/mol. The van der Waals surface area contributed by atoms with Gasteiger partial charge >= 0.3 is 0 Å². The average molecular weight is 418 g/mol. The highest BCUT2D eigenvalue weighted by Gasteiger charge is 2.30. The molecule has 10 heteroatoms. The van der Waals surface area contributed by atoms with E-state index in [1.54, 1.807) is 13.0 Å². The standard InChI is InChI=1S/C19H21N3O6S/c1-2-28-18-8-5-15(12-19(18)29(26,27)21-9-3-4-10-21)20-13-14-11-16(22(24)25)6-7-17(14)23/h5-8,11-13,23H,2-4,9-10H2,1H3/p-1. The molecule has 0 radical (unpaired) electrons. The van der Waals surface area contributed by atoms with Crippen LogP contribution in [0.4, 0.5) is 11.4 Å². The Balaban J connectivity index is 1.98. The Morgan fingerprint density at radius 1 is 1.21 bits per heavy atom. The van der Waals surface area contributed by atoms with Crippen molar-refractivity contribution in [3.8, 4) is 11.5 Å².